The number of hydrogen-bond acceptors (Lipinski definition) is 2. The van der Waals surface area contributed by atoms with Gasteiger partial charge in [0.2, 0.25) is 0 Å². The molecule has 2 aliphatic heterocycles. The Labute approximate surface area is 107 Å². The van der Waals surface area contributed by atoms with Crippen molar-refractivity contribution in [2.75, 3.05) is 13.1 Å². The monoisotopic (exact) mass is 247 g/mol. The number of aryl methyl sites for hydroxylation is 1. The summed E-state index contributed by atoms with van der Waals surface area (Å²) in [5, 5.41) is 0. The molecule has 3 heteroatoms. The minimum absolute atomic E-state index is 0.234. The van der Waals surface area contributed by atoms with Crippen LogP contribution in [0.1, 0.15) is 24.8 Å². The molecule has 2 atom stereocenters. The first-order valence-corrected chi connectivity index (χ1v) is 6.67. The molecule has 0 amide bonds. The minimum Gasteiger partial charge on any atom is -0.298 e. The molecule has 2 heterocycles. The smallest absolute Gasteiger partial charge is 0.153 e. The number of benzene rings is 1. The Bertz CT molecular complexity index is 447. The number of carbonyl (C=O) groups excluding carboxylic acids is 1. The summed E-state index contributed by atoms with van der Waals surface area (Å²) in [5.41, 5.74) is 0.747. The van der Waals surface area contributed by atoms with Gasteiger partial charge in [-0.25, -0.2) is 4.39 Å². The van der Waals surface area contributed by atoms with Crippen LogP contribution in [0.25, 0.3) is 0 Å². The van der Waals surface area contributed by atoms with Crippen molar-refractivity contribution in [3.63, 3.8) is 0 Å². The highest BCUT2D eigenvalue weighted by atomic mass is 19.1. The number of carbonyl (C=O) groups is 1. The van der Waals surface area contributed by atoms with Crippen molar-refractivity contribution in [1.29, 1.82) is 0 Å². The first kappa shape index (κ1) is 11.8. The Morgan fingerprint density at radius 1 is 1.39 bits per heavy atom. The van der Waals surface area contributed by atoms with Crippen molar-refractivity contribution in [2.45, 2.75) is 37.4 Å². The molecule has 0 radical (unpaired) electrons. The van der Waals surface area contributed by atoms with E-state index in [1.807, 2.05) is 35.2 Å². The zero-order valence-corrected chi connectivity index (χ0v) is 10.4. The SMILES string of the molecule is O=C(CCc1ccccc1)C12CCN1CC(F)C2. The second-order valence-electron chi connectivity index (χ2n) is 5.44. The average Bonchev–Trinajstić information content (AvgIpc) is 2.61. The average molecular weight is 247 g/mol. The summed E-state index contributed by atoms with van der Waals surface area (Å²) in [5.74, 6) is 0.234. The fourth-order valence-corrected chi connectivity index (χ4v) is 3.27. The molecule has 2 aliphatic rings. The molecule has 2 saturated heterocycles. The van der Waals surface area contributed by atoms with Crippen LogP contribution in [0.15, 0.2) is 30.3 Å². The molecule has 0 N–H and O–H groups in total. The van der Waals surface area contributed by atoms with Gasteiger partial charge in [0.1, 0.15) is 6.17 Å². The molecule has 2 fully saturated rings. The van der Waals surface area contributed by atoms with Crippen molar-refractivity contribution in [3.8, 4) is 0 Å². The highest BCUT2D eigenvalue weighted by molar-refractivity contribution is 5.90. The fraction of sp³-hybridized carbons (Fsp3) is 0.533. The van der Waals surface area contributed by atoms with E-state index >= 15 is 0 Å². The number of nitrogens with zero attached hydrogens (tertiary/aromatic N) is 1. The van der Waals surface area contributed by atoms with Gasteiger partial charge in [-0.15, -0.1) is 0 Å². The molecule has 0 aromatic heterocycles. The van der Waals surface area contributed by atoms with Crippen LogP contribution in [0.3, 0.4) is 0 Å². The summed E-state index contributed by atoms with van der Waals surface area (Å²) in [6, 6.07) is 10.0. The summed E-state index contributed by atoms with van der Waals surface area (Å²) in [7, 11) is 0. The highest BCUT2D eigenvalue weighted by Gasteiger charge is 2.56. The molecule has 0 spiro atoms. The molecule has 2 unspecified atom stereocenters. The molecule has 3 rings (SSSR count). The number of alkyl halides is 1. The van der Waals surface area contributed by atoms with E-state index in [0.717, 1.165) is 19.4 Å². The third kappa shape index (κ3) is 1.87. The predicted octanol–water partition coefficient (Wildman–Crippen LogP) is 2.37. The van der Waals surface area contributed by atoms with Gasteiger partial charge < -0.3 is 0 Å². The van der Waals surface area contributed by atoms with E-state index in [-0.39, 0.29) is 5.78 Å². The summed E-state index contributed by atoms with van der Waals surface area (Å²) in [6.07, 6.45) is 1.76. The Kier molecular flexibility index (Phi) is 2.94. The topological polar surface area (TPSA) is 20.3 Å². The van der Waals surface area contributed by atoms with Gasteiger partial charge in [0.05, 0.1) is 5.54 Å². The van der Waals surface area contributed by atoms with Gasteiger partial charge in [0.25, 0.3) is 0 Å². The second-order valence-corrected chi connectivity index (χ2v) is 5.44. The summed E-state index contributed by atoms with van der Waals surface area (Å²) >= 11 is 0. The third-order valence-corrected chi connectivity index (χ3v) is 4.38. The van der Waals surface area contributed by atoms with Crippen LogP contribution in [0.4, 0.5) is 4.39 Å². The number of ketones is 1. The van der Waals surface area contributed by atoms with Crippen molar-refractivity contribution in [2.24, 2.45) is 0 Å². The number of hydrogen-bond donors (Lipinski definition) is 0. The van der Waals surface area contributed by atoms with Crippen LogP contribution >= 0.6 is 0 Å². The molecular weight excluding hydrogens is 229 g/mol. The van der Waals surface area contributed by atoms with E-state index < -0.39 is 11.7 Å². The Morgan fingerprint density at radius 2 is 2.17 bits per heavy atom. The van der Waals surface area contributed by atoms with Crippen molar-refractivity contribution < 1.29 is 9.18 Å². The van der Waals surface area contributed by atoms with E-state index in [1.54, 1.807) is 0 Å². The van der Waals surface area contributed by atoms with Gasteiger partial charge >= 0.3 is 0 Å². The van der Waals surface area contributed by atoms with Crippen LogP contribution in [0, 0.1) is 0 Å². The zero-order valence-electron chi connectivity index (χ0n) is 10.4. The van der Waals surface area contributed by atoms with Crippen molar-refractivity contribution in [3.05, 3.63) is 35.9 Å². The molecule has 1 aromatic rings. The maximum absolute atomic E-state index is 13.4. The maximum atomic E-state index is 13.4. The summed E-state index contributed by atoms with van der Waals surface area (Å²) < 4.78 is 13.4. The van der Waals surface area contributed by atoms with Crippen molar-refractivity contribution in [1.82, 2.24) is 4.90 Å². The van der Waals surface area contributed by atoms with Crippen LogP contribution in [0.2, 0.25) is 0 Å². The Hall–Kier alpha value is -1.22. The van der Waals surface area contributed by atoms with Gasteiger partial charge in [-0.2, -0.15) is 0 Å². The lowest BCUT2D eigenvalue weighted by Crippen LogP contribution is -2.60. The van der Waals surface area contributed by atoms with E-state index in [1.165, 1.54) is 5.56 Å². The fourth-order valence-electron chi connectivity index (χ4n) is 3.27. The highest BCUT2D eigenvalue weighted by Crippen LogP contribution is 2.43. The normalized spacial score (nSPS) is 30.8. The molecule has 0 bridgehead atoms. The zero-order chi connectivity index (χ0) is 12.6. The summed E-state index contributed by atoms with van der Waals surface area (Å²) in [4.78, 5) is 14.4. The molecule has 18 heavy (non-hydrogen) atoms. The van der Waals surface area contributed by atoms with Gasteiger partial charge in [-0.1, -0.05) is 30.3 Å². The lowest BCUT2D eigenvalue weighted by atomic mass is 9.79. The quantitative estimate of drug-likeness (QED) is 0.814. The molecule has 1 aromatic carbocycles. The van der Waals surface area contributed by atoms with Gasteiger partial charge in [0.15, 0.2) is 5.78 Å². The number of Topliss-reactive ketones (excluding diaryl/α,β-unsaturated/α-hetero) is 1. The minimum atomic E-state index is -0.812. The largest absolute Gasteiger partial charge is 0.298 e. The molecular formula is C15H18FNO. The van der Waals surface area contributed by atoms with Crippen LogP contribution in [0.5, 0.6) is 0 Å². The lowest BCUT2D eigenvalue weighted by molar-refractivity contribution is -0.136. The lowest BCUT2D eigenvalue weighted by Gasteiger charge is -2.46. The van der Waals surface area contributed by atoms with Gasteiger partial charge in [0, 0.05) is 25.9 Å². The van der Waals surface area contributed by atoms with E-state index in [4.69, 9.17) is 0 Å². The Morgan fingerprint density at radius 3 is 2.78 bits per heavy atom. The van der Waals surface area contributed by atoms with Crippen LogP contribution in [-0.4, -0.2) is 35.5 Å². The van der Waals surface area contributed by atoms with Gasteiger partial charge in [-0.05, 0) is 18.4 Å². The first-order valence-electron chi connectivity index (χ1n) is 6.67. The van der Waals surface area contributed by atoms with E-state index in [0.29, 0.717) is 19.4 Å². The standard InChI is InChI=1S/C15H18FNO/c16-13-10-15(8-9-17(15)11-13)14(18)7-6-12-4-2-1-3-5-12/h1-5,13H,6-11H2. The van der Waals surface area contributed by atoms with Crippen LogP contribution < -0.4 is 0 Å². The van der Waals surface area contributed by atoms with Crippen LogP contribution in [-0.2, 0) is 11.2 Å². The number of halogens is 1. The maximum Gasteiger partial charge on any atom is 0.153 e. The van der Waals surface area contributed by atoms with E-state index in [2.05, 4.69) is 0 Å². The van der Waals surface area contributed by atoms with E-state index in [9.17, 15) is 9.18 Å². The Balaban J connectivity index is 1.62. The van der Waals surface area contributed by atoms with Crippen molar-refractivity contribution >= 4 is 5.78 Å². The molecule has 2 nitrogen and oxygen atoms in total. The number of rotatable bonds is 4. The van der Waals surface area contributed by atoms with Gasteiger partial charge in [-0.3, -0.25) is 9.69 Å². The molecule has 0 aliphatic carbocycles. The molecule has 96 valence electrons. The first-order chi connectivity index (χ1) is 8.71. The second kappa shape index (κ2) is 4.47. The number of fused-ring (bicyclic) bond motifs is 1. The predicted molar refractivity (Wildman–Crippen MR) is 68.2 cm³/mol. The third-order valence-electron chi connectivity index (χ3n) is 4.38. The molecule has 0 saturated carbocycles. The summed E-state index contributed by atoms with van der Waals surface area (Å²) in [6.45, 7) is 1.34.